The lowest BCUT2D eigenvalue weighted by atomic mass is 10.2. The van der Waals surface area contributed by atoms with Gasteiger partial charge in [-0.15, -0.1) is 0 Å². The average molecular weight is 276 g/mol. The Bertz CT molecular complexity index is 337. The summed E-state index contributed by atoms with van der Waals surface area (Å²) in [5.74, 6) is -0.805. The van der Waals surface area contributed by atoms with Gasteiger partial charge in [0.05, 0.1) is 0 Å². The first kappa shape index (κ1) is 12.1. The van der Waals surface area contributed by atoms with Crippen LogP contribution in [0.4, 0.5) is 4.39 Å². The molecule has 0 heterocycles. The number of aliphatic hydroxyl groups is 1. The van der Waals surface area contributed by atoms with Crippen molar-refractivity contribution in [3.63, 3.8) is 0 Å². The highest BCUT2D eigenvalue weighted by Crippen LogP contribution is 2.14. The molecule has 0 aromatic heterocycles. The summed E-state index contributed by atoms with van der Waals surface area (Å²) < 4.78 is 13.4. The van der Waals surface area contributed by atoms with Crippen molar-refractivity contribution in [2.24, 2.45) is 0 Å². The van der Waals surface area contributed by atoms with Crippen LogP contribution in [0.1, 0.15) is 16.8 Å². The quantitative estimate of drug-likeness (QED) is 0.822. The Morgan fingerprint density at radius 2 is 2.20 bits per heavy atom. The molecule has 0 atom stereocenters. The summed E-state index contributed by atoms with van der Waals surface area (Å²) in [6.07, 6.45) is 0.488. The van der Waals surface area contributed by atoms with Gasteiger partial charge in [-0.3, -0.25) is 4.79 Å². The van der Waals surface area contributed by atoms with Gasteiger partial charge in [0.1, 0.15) is 5.82 Å². The van der Waals surface area contributed by atoms with Crippen LogP contribution in [0, 0.1) is 5.82 Å². The Kier molecular flexibility index (Phi) is 4.71. The number of benzene rings is 1. The van der Waals surface area contributed by atoms with Crippen LogP contribution in [0.2, 0.25) is 0 Å². The van der Waals surface area contributed by atoms with Crippen molar-refractivity contribution in [3.05, 3.63) is 34.1 Å². The monoisotopic (exact) mass is 275 g/mol. The third-order valence-electron chi connectivity index (χ3n) is 1.75. The van der Waals surface area contributed by atoms with Gasteiger partial charge in [0.15, 0.2) is 0 Å². The predicted molar refractivity (Wildman–Crippen MR) is 58.1 cm³/mol. The summed E-state index contributed by atoms with van der Waals surface area (Å²) in [4.78, 5) is 11.4. The summed E-state index contributed by atoms with van der Waals surface area (Å²) in [7, 11) is 0. The van der Waals surface area contributed by atoms with Crippen molar-refractivity contribution in [1.29, 1.82) is 0 Å². The standard InChI is InChI=1S/C10H11BrFNO2/c11-8-4-7(5-9(12)6-8)10(15)13-2-1-3-14/h4-6,14H,1-3H2,(H,13,15). The Morgan fingerprint density at radius 3 is 2.80 bits per heavy atom. The molecule has 0 saturated heterocycles. The van der Waals surface area contributed by atoms with Crippen molar-refractivity contribution >= 4 is 21.8 Å². The summed E-state index contributed by atoms with van der Waals surface area (Å²) in [5.41, 5.74) is 0.264. The largest absolute Gasteiger partial charge is 0.396 e. The molecule has 0 unspecified atom stereocenters. The van der Waals surface area contributed by atoms with Gasteiger partial charge in [0, 0.05) is 23.2 Å². The molecule has 0 aliphatic carbocycles. The van der Waals surface area contributed by atoms with Gasteiger partial charge < -0.3 is 10.4 Å². The van der Waals surface area contributed by atoms with Crippen LogP contribution in [0.25, 0.3) is 0 Å². The molecule has 82 valence electrons. The lowest BCUT2D eigenvalue weighted by Crippen LogP contribution is -2.25. The van der Waals surface area contributed by atoms with Crippen molar-refractivity contribution in [2.45, 2.75) is 6.42 Å². The highest BCUT2D eigenvalue weighted by molar-refractivity contribution is 9.10. The fraction of sp³-hybridized carbons (Fsp3) is 0.300. The fourth-order valence-corrected chi connectivity index (χ4v) is 1.53. The van der Waals surface area contributed by atoms with Gasteiger partial charge in [-0.25, -0.2) is 4.39 Å². The maximum absolute atomic E-state index is 12.9. The average Bonchev–Trinajstić information content (AvgIpc) is 2.16. The molecule has 1 rings (SSSR count). The SMILES string of the molecule is O=C(NCCCO)c1cc(F)cc(Br)c1. The Balaban J connectivity index is 2.65. The lowest BCUT2D eigenvalue weighted by Gasteiger charge is -2.04. The summed E-state index contributed by atoms with van der Waals surface area (Å²) in [6.45, 7) is 0.399. The van der Waals surface area contributed by atoms with Crippen LogP contribution in [0.3, 0.4) is 0 Å². The molecule has 2 N–H and O–H groups in total. The van der Waals surface area contributed by atoms with Crippen molar-refractivity contribution < 1.29 is 14.3 Å². The van der Waals surface area contributed by atoms with E-state index in [1.807, 2.05) is 0 Å². The molecule has 3 nitrogen and oxygen atoms in total. The minimum atomic E-state index is -0.461. The van der Waals surface area contributed by atoms with Crippen molar-refractivity contribution in [1.82, 2.24) is 5.32 Å². The first-order valence-corrected chi connectivity index (χ1v) is 5.28. The number of aliphatic hydroxyl groups excluding tert-OH is 1. The molecule has 0 bridgehead atoms. The minimum Gasteiger partial charge on any atom is -0.396 e. The van der Waals surface area contributed by atoms with Crippen LogP contribution in [-0.4, -0.2) is 24.2 Å². The van der Waals surface area contributed by atoms with E-state index in [4.69, 9.17) is 5.11 Å². The van der Waals surface area contributed by atoms with Crippen LogP contribution >= 0.6 is 15.9 Å². The van der Waals surface area contributed by atoms with Gasteiger partial charge in [-0.1, -0.05) is 15.9 Å². The van der Waals surface area contributed by atoms with E-state index in [9.17, 15) is 9.18 Å². The van der Waals surface area contributed by atoms with Gasteiger partial charge in [0.25, 0.3) is 5.91 Å². The summed E-state index contributed by atoms with van der Waals surface area (Å²) in [5, 5.41) is 11.1. The Morgan fingerprint density at radius 1 is 1.47 bits per heavy atom. The highest BCUT2D eigenvalue weighted by atomic mass is 79.9. The zero-order valence-electron chi connectivity index (χ0n) is 7.96. The van der Waals surface area contributed by atoms with Crippen LogP contribution < -0.4 is 5.32 Å². The minimum absolute atomic E-state index is 0.0210. The van der Waals surface area contributed by atoms with Gasteiger partial charge in [-0.2, -0.15) is 0 Å². The topological polar surface area (TPSA) is 49.3 Å². The second-order valence-corrected chi connectivity index (χ2v) is 3.91. The van der Waals surface area contributed by atoms with E-state index in [0.717, 1.165) is 0 Å². The molecule has 0 aliphatic rings. The Hall–Kier alpha value is -0.940. The van der Waals surface area contributed by atoms with E-state index in [1.54, 1.807) is 0 Å². The number of hydrogen-bond acceptors (Lipinski definition) is 2. The maximum atomic E-state index is 12.9. The van der Waals surface area contributed by atoms with Crippen LogP contribution in [0.5, 0.6) is 0 Å². The zero-order chi connectivity index (χ0) is 11.3. The van der Waals surface area contributed by atoms with Crippen molar-refractivity contribution in [2.75, 3.05) is 13.2 Å². The molecular formula is C10H11BrFNO2. The van der Waals surface area contributed by atoms with E-state index >= 15 is 0 Å². The molecule has 0 aliphatic heterocycles. The summed E-state index contributed by atoms with van der Waals surface area (Å²) in [6, 6.07) is 3.99. The number of nitrogens with one attached hydrogen (secondary N) is 1. The summed E-state index contributed by atoms with van der Waals surface area (Å²) >= 11 is 3.10. The molecule has 1 aromatic carbocycles. The van der Waals surface area contributed by atoms with E-state index in [0.29, 0.717) is 17.4 Å². The fourth-order valence-electron chi connectivity index (χ4n) is 1.07. The molecular weight excluding hydrogens is 265 g/mol. The number of rotatable bonds is 4. The van der Waals surface area contributed by atoms with E-state index < -0.39 is 5.82 Å². The number of amides is 1. The third kappa shape index (κ3) is 3.97. The smallest absolute Gasteiger partial charge is 0.251 e. The van der Waals surface area contributed by atoms with Gasteiger partial charge >= 0.3 is 0 Å². The molecule has 0 saturated carbocycles. The van der Waals surface area contributed by atoms with E-state index in [1.165, 1.54) is 18.2 Å². The first-order valence-electron chi connectivity index (χ1n) is 4.48. The molecule has 1 amide bonds. The highest BCUT2D eigenvalue weighted by Gasteiger charge is 2.07. The molecule has 15 heavy (non-hydrogen) atoms. The second-order valence-electron chi connectivity index (χ2n) is 2.99. The van der Waals surface area contributed by atoms with Crippen LogP contribution in [0.15, 0.2) is 22.7 Å². The predicted octanol–water partition coefficient (Wildman–Crippen LogP) is 1.70. The normalized spacial score (nSPS) is 10.1. The molecule has 0 fully saturated rings. The number of hydrogen-bond donors (Lipinski definition) is 2. The van der Waals surface area contributed by atoms with E-state index in [2.05, 4.69) is 21.2 Å². The number of carbonyl (C=O) groups is 1. The number of halogens is 2. The van der Waals surface area contributed by atoms with E-state index in [-0.39, 0.29) is 18.1 Å². The second kappa shape index (κ2) is 5.82. The molecule has 5 heteroatoms. The maximum Gasteiger partial charge on any atom is 0.251 e. The first-order chi connectivity index (χ1) is 7.13. The third-order valence-corrected chi connectivity index (χ3v) is 2.20. The molecule has 0 radical (unpaired) electrons. The molecule has 1 aromatic rings. The van der Waals surface area contributed by atoms with Crippen molar-refractivity contribution in [3.8, 4) is 0 Å². The van der Waals surface area contributed by atoms with Gasteiger partial charge in [0.2, 0.25) is 0 Å². The zero-order valence-corrected chi connectivity index (χ0v) is 9.55. The molecule has 0 spiro atoms. The Labute approximate surface area is 95.4 Å². The number of carbonyl (C=O) groups excluding carboxylic acids is 1. The van der Waals surface area contributed by atoms with Gasteiger partial charge in [-0.05, 0) is 24.6 Å². The lowest BCUT2D eigenvalue weighted by molar-refractivity contribution is 0.0950. The van der Waals surface area contributed by atoms with Crippen LogP contribution in [-0.2, 0) is 0 Å².